The predicted molar refractivity (Wildman–Crippen MR) is 65.2 cm³/mol. The second kappa shape index (κ2) is 3.77. The molecule has 0 radical (unpaired) electrons. The fourth-order valence-corrected chi connectivity index (χ4v) is 2.46. The zero-order valence-electron chi connectivity index (χ0n) is 9.39. The summed E-state index contributed by atoms with van der Waals surface area (Å²) in [5.41, 5.74) is 4.20. The Bertz CT molecular complexity index is 543. The minimum atomic E-state index is -0.820. The lowest BCUT2D eigenvalue weighted by Crippen LogP contribution is -2.28. The van der Waals surface area contributed by atoms with E-state index in [1.807, 2.05) is 12.1 Å². The number of fused-ring (bicyclic) bond motifs is 3. The first kappa shape index (κ1) is 10.1. The molecule has 2 aliphatic rings. The van der Waals surface area contributed by atoms with Crippen molar-refractivity contribution in [1.29, 1.82) is 0 Å². The maximum absolute atomic E-state index is 11.0. The summed E-state index contributed by atoms with van der Waals surface area (Å²) in [6.45, 7) is 0.861. The summed E-state index contributed by atoms with van der Waals surface area (Å²) in [6, 6.07) is 8.33. The number of benzene rings is 1. The van der Waals surface area contributed by atoms with Crippen LogP contribution in [0.4, 0.5) is 0 Å². The van der Waals surface area contributed by atoms with Gasteiger partial charge < -0.3 is 10.0 Å². The predicted octanol–water partition coefficient (Wildman–Crippen LogP) is 2.26. The fraction of sp³-hybridized carbons (Fsp3) is 0.214. The largest absolute Gasteiger partial charge is 0.478 e. The Morgan fingerprint density at radius 3 is 2.94 bits per heavy atom. The van der Waals surface area contributed by atoms with Gasteiger partial charge in [0.2, 0.25) is 0 Å². The van der Waals surface area contributed by atoms with Gasteiger partial charge in [-0.2, -0.15) is 0 Å². The van der Waals surface area contributed by atoms with Gasteiger partial charge in [0.25, 0.3) is 0 Å². The number of nitrogens with zero attached hydrogens (tertiary/aromatic N) is 1. The molecule has 1 aromatic rings. The van der Waals surface area contributed by atoms with E-state index < -0.39 is 5.97 Å². The summed E-state index contributed by atoms with van der Waals surface area (Å²) in [5, 5.41) is 9.00. The van der Waals surface area contributed by atoms with E-state index in [-0.39, 0.29) is 0 Å². The highest BCUT2D eigenvalue weighted by molar-refractivity contribution is 5.88. The molecule has 0 saturated carbocycles. The van der Waals surface area contributed by atoms with Crippen LogP contribution < -0.4 is 0 Å². The summed E-state index contributed by atoms with van der Waals surface area (Å²) in [6.07, 6.45) is 5.27. The molecule has 17 heavy (non-hydrogen) atoms. The fourth-order valence-electron chi connectivity index (χ4n) is 2.46. The van der Waals surface area contributed by atoms with Gasteiger partial charge in [0.05, 0.1) is 5.57 Å². The molecule has 0 saturated heterocycles. The molecule has 0 atom stereocenters. The Kier molecular flexibility index (Phi) is 2.25. The molecule has 3 heteroatoms. The van der Waals surface area contributed by atoms with Crippen molar-refractivity contribution in [3.8, 4) is 0 Å². The van der Waals surface area contributed by atoms with E-state index in [1.165, 1.54) is 11.1 Å². The molecular weight excluding hydrogens is 214 g/mol. The highest BCUT2D eigenvalue weighted by atomic mass is 16.4. The molecule has 0 aliphatic carbocycles. The number of rotatable bonds is 1. The molecule has 3 nitrogen and oxygen atoms in total. The highest BCUT2D eigenvalue weighted by Gasteiger charge is 2.23. The summed E-state index contributed by atoms with van der Waals surface area (Å²) in [4.78, 5) is 13.0. The minimum absolute atomic E-state index is 0.466. The first-order valence-corrected chi connectivity index (χ1v) is 5.75. The zero-order valence-corrected chi connectivity index (χ0v) is 9.39. The second-order valence-electron chi connectivity index (χ2n) is 4.35. The van der Waals surface area contributed by atoms with Crippen molar-refractivity contribution in [3.05, 3.63) is 53.2 Å². The van der Waals surface area contributed by atoms with Gasteiger partial charge in [0.1, 0.15) is 0 Å². The van der Waals surface area contributed by atoms with E-state index in [2.05, 4.69) is 23.1 Å². The molecule has 1 aromatic carbocycles. The second-order valence-corrected chi connectivity index (χ2v) is 4.35. The van der Waals surface area contributed by atoms with Crippen molar-refractivity contribution in [2.45, 2.75) is 12.8 Å². The van der Waals surface area contributed by atoms with Crippen molar-refractivity contribution in [1.82, 2.24) is 4.90 Å². The maximum Gasteiger partial charge on any atom is 0.333 e. The molecule has 0 fully saturated rings. The van der Waals surface area contributed by atoms with E-state index in [0.29, 0.717) is 12.0 Å². The number of carboxylic acids is 1. The topological polar surface area (TPSA) is 40.5 Å². The van der Waals surface area contributed by atoms with E-state index in [1.54, 1.807) is 6.20 Å². The van der Waals surface area contributed by atoms with Gasteiger partial charge in [-0.3, -0.25) is 0 Å². The third kappa shape index (κ3) is 1.64. The molecule has 0 unspecified atom stereocenters. The van der Waals surface area contributed by atoms with Crippen LogP contribution >= 0.6 is 0 Å². The average Bonchev–Trinajstić information content (AvgIpc) is 2.38. The average molecular weight is 227 g/mol. The lowest BCUT2D eigenvalue weighted by molar-refractivity contribution is -0.132. The third-order valence-electron chi connectivity index (χ3n) is 3.33. The smallest absolute Gasteiger partial charge is 0.333 e. The van der Waals surface area contributed by atoms with Crippen LogP contribution in [-0.2, 0) is 11.2 Å². The number of hydrogen-bond acceptors (Lipinski definition) is 2. The van der Waals surface area contributed by atoms with Crippen molar-refractivity contribution in [2.75, 3.05) is 6.54 Å². The Hall–Kier alpha value is -2.03. The van der Waals surface area contributed by atoms with Crippen LogP contribution in [0, 0.1) is 0 Å². The lowest BCUT2D eigenvalue weighted by atomic mass is 9.93. The van der Waals surface area contributed by atoms with Crippen molar-refractivity contribution in [3.63, 3.8) is 0 Å². The molecule has 0 spiro atoms. The Balaban J connectivity index is 2.01. The summed E-state index contributed by atoms with van der Waals surface area (Å²) < 4.78 is 0. The number of aliphatic carboxylic acids is 1. The standard InChI is InChI=1S/C14H13NO2/c16-14(17)11-5-6-13-12-4-2-1-3-10(12)7-8-15(13)9-11/h1-4,6,9H,5,7-8H2,(H,16,17). The molecule has 2 aliphatic heterocycles. The van der Waals surface area contributed by atoms with Crippen LogP contribution in [0.5, 0.6) is 0 Å². The van der Waals surface area contributed by atoms with Crippen LogP contribution in [-0.4, -0.2) is 22.5 Å². The molecule has 2 heterocycles. The van der Waals surface area contributed by atoms with Crippen molar-refractivity contribution in [2.24, 2.45) is 0 Å². The number of allylic oxidation sites excluding steroid dienone is 1. The van der Waals surface area contributed by atoms with E-state index >= 15 is 0 Å². The zero-order chi connectivity index (χ0) is 11.8. The van der Waals surface area contributed by atoms with Crippen molar-refractivity contribution < 1.29 is 9.90 Å². The number of carbonyl (C=O) groups is 1. The molecule has 1 N–H and O–H groups in total. The first-order valence-electron chi connectivity index (χ1n) is 5.75. The maximum atomic E-state index is 11.0. The number of hydrogen-bond donors (Lipinski definition) is 1. The van der Waals surface area contributed by atoms with Crippen LogP contribution in [0.1, 0.15) is 17.5 Å². The normalized spacial score (nSPS) is 17.8. The van der Waals surface area contributed by atoms with Crippen molar-refractivity contribution >= 4 is 11.7 Å². The molecule has 0 aromatic heterocycles. The van der Waals surface area contributed by atoms with Gasteiger partial charge >= 0.3 is 5.97 Å². The minimum Gasteiger partial charge on any atom is -0.478 e. The van der Waals surface area contributed by atoms with E-state index in [4.69, 9.17) is 5.11 Å². The summed E-state index contributed by atoms with van der Waals surface area (Å²) in [5.74, 6) is -0.820. The Morgan fingerprint density at radius 2 is 2.12 bits per heavy atom. The summed E-state index contributed by atoms with van der Waals surface area (Å²) >= 11 is 0. The van der Waals surface area contributed by atoms with Gasteiger partial charge in [-0.25, -0.2) is 4.79 Å². The Labute approximate surface area is 99.7 Å². The van der Waals surface area contributed by atoms with Gasteiger partial charge in [0, 0.05) is 30.4 Å². The number of carboxylic acid groups (broad SMARTS) is 1. The summed E-state index contributed by atoms with van der Waals surface area (Å²) in [7, 11) is 0. The van der Waals surface area contributed by atoms with Crippen LogP contribution in [0.15, 0.2) is 42.1 Å². The first-order chi connectivity index (χ1) is 8.25. The van der Waals surface area contributed by atoms with E-state index in [9.17, 15) is 4.79 Å². The monoisotopic (exact) mass is 227 g/mol. The van der Waals surface area contributed by atoms with Gasteiger partial charge in [-0.1, -0.05) is 30.3 Å². The van der Waals surface area contributed by atoms with E-state index in [0.717, 1.165) is 18.7 Å². The van der Waals surface area contributed by atoms with Gasteiger partial charge in [0.15, 0.2) is 0 Å². The van der Waals surface area contributed by atoms with Crippen LogP contribution in [0.2, 0.25) is 0 Å². The lowest BCUT2D eigenvalue weighted by Gasteiger charge is -2.33. The van der Waals surface area contributed by atoms with Crippen LogP contribution in [0.25, 0.3) is 5.70 Å². The molecule has 86 valence electrons. The quantitative estimate of drug-likeness (QED) is 0.800. The third-order valence-corrected chi connectivity index (χ3v) is 3.33. The Morgan fingerprint density at radius 1 is 1.29 bits per heavy atom. The SMILES string of the molecule is O=C(O)C1=CN2CCc3ccccc3C2=CC1. The van der Waals surface area contributed by atoms with Crippen LogP contribution in [0.3, 0.4) is 0 Å². The van der Waals surface area contributed by atoms with Gasteiger partial charge in [-0.15, -0.1) is 0 Å². The molecule has 0 amide bonds. The molecule has 0 bridgehead atoms. The molecular formula is C14H13NO2. The highest BCUT2D eigenvalue weighted by Crippen LogP contribution is 2.32. The molecule has 3 rings (SSSR count). The van der Waals surface area contributed by atoms with Gasteiger partial charge in [-0.05, 0) is 12.0 Å².